The minimum absolute atomic E-state index is 0. The number of aromatic nitrogens is 2. The summed E-state index contributed by atoms with van der Waals surface area (Å²) in [5.41, 5.74) is 5.94. The van der Waals surface area contributed by atoms with E-state index in [1.165, 1.54) is 28.0 Å². The van der Waals surface area contributed by atoms with Crippen molar-refractivity contribution >= 4 is 11.0 Å². The minimum Gasteiger partial charge on any atom is -1.00 e. The zero-order valence-electron chi connectivity index (χ0n) is 14.0. The molecule has 0 bridgehead atoms. The fraction of sp³-hybridized carbons (Fsp3) is 0.100. The number of nitrogens with zero attached hydrogens (tertiary/aromatic N) is 2. The molecule has 0 radical (unpaired) electrons. The van der Waals surface area contributed by atoms with Crippen LogP contribution >= 0.6 is 0 Å². The van der Waals surface area contributed by atoms with Crippen molar-refractivity contribution in [1.29, 1.82) is 0 Å². The SMILES string of the molecule is COc1ccc(-c2c(C)[n+]3ccccc3c3cccc[n+]23)cc1.[Br-].[Br-]. The van der Waals surface area contributed by atoms with Crippen molar-refractivity contribution < 1.29 is 47.5 Å². The van der Waals surface area contributed by atoms with E-state index in [-0.39, 0.29) is 34.0 Å². The van der Waals surface area contributed by atoms with Crippen molar-refractivity contribution in [2.24, 2.45) is 0 Å². The molecule has 3 nitrogen and oxygen atoms in total. The van der Waals surface area contributed by atoms with E-state index in [1.54, 1.807) is 7.11 Å². The molecule has 0 atom stereocenters. The molecular weight excluding hydrogens is 444 g/mol. The first kappa shape index (κ1) is 19.3. The maximum atomic E-state index is 5.28. The third-order valence-corrected chi connectivity index (χ3v) is 4.29. The summed E-state index contributed by atoms with van der Waals surface area (Å²) >= 11 is 0. The van der Waals surface area contributed by atoms with Gasteiger partial charge in [-0.1, -0.05) is 0 Å². The molecule has 0 spiro atoms. The lowest BCUT2D eigenvalue weighted by molar-refractivity contribution is -0.562. The maximum absolute atomic E-state index is 5.28. The van der Waals surface area contributed by atoms with E-state index in [0.717, 1.165) is 5.75 Å². The summed E-state index contributed by atoms with van der Waals surface area (Å²) in [6.45, 7) is 2.16. The van der Waals surface area contributed by atoms with E-state index in [2.05, 4.69) is 76.6 Å². The maximum Gasteiger partial charge on any atom is 0.286 e. The van der Waals surface area contributed by atoms with Crippen molar-refractivity contribution in [1.82, 2.24) is 0 Å². The molecule has 1 aromatic carbocycles. The van der Waals surface area contributed by atoms with Crippen LogP contribution in [0.4, 0.5) is 0 Å². The Kier molecular flexibility index (Phi) is 6.14. The molecule has 0 saturated heterocycles. The lowest BCUT2D eigenvalue weighted by Gasteiger charge is -2.04. The number of fused-ring (bicyclic) bond motifs is 3. The second-order valence-corrected chi connectivity index (χ2v) is 5.57. The Morgan fingerprint density at radius 3 is 1.88 bits per heavy atom. The van der Waals surface area contributed by atoms with E-state index in [0.29, 0.717) is 0 Å². The molecule has 0 N–H and O–H groups in total. The van der Waals surface area contributed by atoms with E-state index < -0.39 is 0 Å². The van der Waals surface area contributed by atoms with Gasteiger partial charge in [0.2, 0.25) is 0 Å². The van der Waals surface area contributed by atoms with Gasteiger partial charge in [-0.3, -0.25) is 0 Å². The largest absolute Gasteiger partial charge is 1.00 e. The van der Waals surface area contributed by atoms with E-state index in [1.807, 2.05) is 12.1 Å². The molecule has 128 valence electrons. The van der Waals surface area contributed by atoms with Crippen molar-refractivity contribution in [2.75, 3.05) is 7.11 Å². The Bertz CT molecular complexity index is 1020. The molecule has 0 aliphatic heterocycles. The number of hydrogen-bond acceptors (Lipinski definition) is 1. The lowest BCUT2D eigenvalue weighted by atomic mass is 10.1. The van der Waals surface area contributed by atoms with Crippen molar-refractivity contribution in [3.05, 3.63) is 78.8 Å². The summed E-state index contributed by atoms with van der Waals surface area (Å²) in [7, 11) is 1.69. The second kappa shape index (κ2) is 7.93. The molecule has 0 aliphatic rings. The average molecular weight is 462 g/mol. The Morgan fingerprint density at radius 2 is 1.28 bits per heavy atom. The highest BCUT2D eigenvalue weighted by molar-refractivity contribution is 5.69. The zero-order valence-corrected chi connectivity index (χ0v) is 17.2. The van der Waals surface area contributed by atoms with Crippen molar-refractivity contribution in [2.45, 2.75) is 6.92 Å². The van der Waals surface area contributed by atoms with Gasteiger partial charge in [-0.25, -0.2) is 0 Å². The molecule has 5 heteroatoms. The highest BCUT2D eigenvalue weighted by Crippen LogP contribution is 2.22. The van der Waals surface area contributed by atoms with Crippen LogP contribution in [0.3, 0.4) is 0 Å². The fourth-order valence-electron chi connectivity index (χ4n) is 3.18. The van der Waals surface area contributed by atoms with Crippen molar-refractivity contribution in [3.8, 4) is 17.0 Å². The average Bonchev–Trinajstić information content (AvgIpc) is 2.63. The van der Waals surface area contributed by atoms with Gasteiger partial charge in [0.1, 0.15) is 5.75 Å². The highest BCUT2D eigenvalue weighted by Gasteiger charge is 2.26. The van der Waals surface area contributed by atoms with Gasteiger partial charge in [0.15, 0.2) is 12.4 Å². The van der Waals surface area contributed by atoms with Gasteiger partial charge < -0.3 is 38.7 Å². The summed E-state index contributed by atoms with van der Waals surface area (Å²) in [5, 5.41) is 0. The molecule has 0 amide bonds. The summed E-state index contributed by atoms with van der Waals surface area (Å²) in [4.78, 5) is 0. The van der Waals surface area contributed by atoms with Crippen molar-refractivity contribution in [3.63, 3.8) is 0 Å². The third kappa shape index (κ3) is 3.26. The van der Waals surface area contributed by atoms with Crippen LogP contribution in [0.2, 0.25) is 0 Å². The van der Waals surface area contributed by atoms with Gasteiger partial charge in [0.05, 0.1) is 12.7 Å². The quantitative estimate of drug-likeness (QED) is 0.232. The second-order valence-electron chi connectivity index (χ2n) is 5.57. The summed E-state index contributed by atoms with van der Waals surface area (Å²) in [5.74, 6) is 0.870. The molecule has 3 heterocycles. The minimum atomic E-state index is 0. The lowest BCUT2D eigenvalue weighted by Crippen LogP contribution is -3.00. The van der Waals surface area contributed by atoms with Crippen LogP contribution in [-0.4, -0.2) is 7.11 Å². The van der Waals surface area contributed by atoms with Crippen LogP contribution in [-0.2, 0) is 0 Å². The van der Waals surface area contributed by atoms with Gasteiger partial charge in [0.25, 0.3) is 22.4 Å². The summed E-state index contributed by atoms with van der Waals surface area (Å²) < 4.78 is 9.78. The molecule has 25 heavy (non-hydrogen) atoms. The Balaban J connectivity index is 0.00000113. The number of aryl methyl sites for hydroxylation is 1. The number of methoxy groups -OCH3 is 1. The molecule has 0 unspecified atom stereocenters. The Hall–Kier alpha value is -1.98. The summed E-state index contributed by atoms with van der Waals surface area (Å²) in [6, 6.07) is 20.8. The molecule has 3 aromatic heterocycles. The number of ether oxygens (including phenoxy) is 1. The van der Waals surface area contributed by atoms with Gasteiger partial charge in [0, 0.05) is 31.2 Å². The van der Waals surface area contributed by atoms with Gasteiger partial charge in [-0.05, 0) is 36.4 Å². The highest BCUT2D eigenvalue weighted by atomic mass is 79.9. The first-order chi connectivity index (χ1) is 11.3. The number of benzene rings is 1. The van der Waals surface area contributed by atoms with E-state index >= 15 is 0 Å². The third-order valence-electron chi connectivity index (χ3n) is 4.29. The van der Waals surface area contributed by atoms with Crippen LogP contribution in [0.5, 0.6) is 5.75 Å². The van der Waals surface area contributed by atoms with Crippen LogP contribution < -0.4 is 47.5 Å². The molecule has 0 fully saturated rings. The van der Waals surface area contributed by atoms with E-state index in [9.17, 15) is 0 Å². The molecule has 0 saturated carbocycles. The predicted molar refractivity (Wildman–Crippen MR) is 89.5 cm³/mol. The standard InChI is InChI=1S/C20H18N2O.2BrH/c1-15-20(16-9-11-17(23-2)12-10-16)22-14-6-4-8-19(22)18-7-3-5-13-21(15)18;;/h3-14H,1-2H3;2*1H/q+2;;/p-2. The zero-order chi connectivity index (χ0) is 15.8. The Morgan fingerprint density at radius 1 is 0.720 bits per heavy atom. The number of pyridine rings is 2. The van der Waals surface area contributed by atoms with Gasteiger partial charge in [-0.2, -0.15) is 4.40 Å². The fourth-order valence-corrected chi connectivity index (χ4v) is 3.18. The first-order valence-electron chi connectivity index (χ1n) is 7.67. The normalized spacial score (nSPS) is 10.2. The summed E-state index contributed by atoms with van der Waals surface area (Å²) in [6.07, 6.45) is 4.24. The van der Waals surface area contributed by atoms with Gasteiger partial charge >= 0.3 is 0 Å². The molecule has 4 aromatic rings. The number of halogens is 2. The van der Waals surface area contributed by atoms with Crippen LogP contribution in [0, 0.1) is 6.92 Å². The number of hydrogen-bond donors (Lipinski definition) is 0. The van der Waals surface area contributed by atoms with Crippen LogP contribution in [0.15, 0.2) is 73.1 Å². The van der Waals surface area contributed by atoms with Crippen LogP contribution in [0.1, 0.15) is 5.69 Å². The topological polar surface area (TPSA) is 17.4 Å². The molecule has 0 aliphatic carbocycles. The van der Waals surface area contributed by atoms with E-state index in [4.69, 9.17) is 4.74 Å². The number of rotatable bonds is 2. The molecular formula is C20H18Br2N2O. The Labute approximate surface area is 168 Å². The first-order valence-corrected chi connectivity index (χ1v) is 7.67. The smallest absolute Gasteiger partial charge is 0.286 e. The molecule has 4 rings (SSSR count). The predicted octanol–water partition coefficient (Wildman–Crippen LogP) is -2.84. The van der Waals surface area contributed by atoms with Crippen LogP contribution in [0.25, 0.3) is 22.3 Å². The monoisotopic (exact) mass is 460 g/mol. The van der Waals surface area contributed by atoms with Gasteiger partial charge in [-0.15, -0.1) is 4.40 Å².